The van der Waals surface area contributed by atoms with Gasteiger partial charge in [0, 0.05) is 12.3 Å². The lowest BCUT2D eigenvalue weighted by Crippen LogP contribution is -2.42. The van der Waals surface area contributed by atoms with E-state index in [4.69, 9.17) is 4.74 Å². The van der Waals surface area contributed by atoms with Crippen LogP contribution in [0.15, 0.2) is 42.5 Å². The zero-order valence-electron chi connectivity index (χ0n) is 10.5. The molecule has 0 radical (unpaired) electrons. The number of carbonyl (C=O) groups is 2. The Balaban J connectivity index is 2.02. The van der Waals surface area contributed by atoms with Gasteiger partial charge in [-0.3, -0.25) is 20.4 Å². The molecule has 0 bridgehead atoms. The topological polar surface area (TPSA) is 67.4 Å². The van der Waals surface area contributed by atoms with Crippen LogP contribution in [0.1, 0.15) is 6.92 Å². The van der Waals surface area contributed by atoms with E-state index in [1.165, 1.54) is 6.92 Å². The molecule has 0 atom stereocenters. The van der Waals surface area contributed by atoms with Crippen LogP contribution in [-0.4, -0.2) is 18.4 Å². The van der Waals surface area contributed by atoms with E-state index in [0.29, 0.717) is 5.75 Å². The van der Waals surface area contributed by atoms with E-state index in [0.717, 1.165) is 10.8 Å². The Labute approximate surface area is 110 Å². The Bertz CT molecular complexity index is 605. The number of ether oxygens (including phenoxy) is 1. The van der Waals surface area contributed by atoms with Gasteiger partial charge in [-0.2, -0.15) is 0 Å². The Morgan fingerprint density at radius 3 is 2.58 bits per heavy atom. The molecule has 0 unspecified atom stereocenters. The molecule has 0 fully saturated rings. The number of benzene rings is 2. The highest BCUT2D eigenvalue weighted by molar-refractivity contribution is 5.88. The largest absolute Gasteiger partial charge is 0.483 e. The monoisotopic (exact) mass is 258 g/mol. The van der Waals surface area contributed by atoms with Crippen LogP contribution < -0.4 is 15.6 Å². The van der Waals surface area contributed by atoms with Crippen molar-refractivity contribution in [3.05, 3.63) is 42.5 Å². The van der Waals surface area contributed by atoms with Crippen LogP contribution in [0, 0.1) is 0 Å². The number of hydrogen-bond donors (Lipinski definition) is 2. The normalized spacial score (nSPS) is 9.95. The third-order valence-electron chi connectivity index (χ3n) is 2.49. The molecule has 5 heteroatoms. The second-order valence-electron chi connectivity index (χ2n) is 4.00. The molecular formula is C14H14N2O3. The van der Waals surface area contributed by atoms with Crippen LogP contribution in [0.25, 0.3) is 10.8 Å². The van der Waals surface area contributed by atoms with Gasteiger partial charge in [-0.1, -0.05) is 36.4 Å². The van der Waals surface area contributed by atoms with Crippen LogP contribution in [0.4, 0.5) is 0 Å². The van der Waals surface area contributed by atoms with Gasteiger partial charge in [-0.15, -0.1) is 0 Å². The number of hydrazine groups is 1. The minimum Gasteiger partial charge on any atom is -0.483 e. The number of carbonyl (C=O) groups excluding carboxylic acids is 2. The van der Waals surface area contributed by atoms with E-state index in [1.807, 2.05) is 36.4 Å². The van der Waals surface area contributed by atoms with E-state index in [-0.39, 0.29) is 12.5 Å². The van der Waals surface area contributed by atoms with Gasteiger partial charge in [0.2, 0.25) is 5.91 Å². The summed E-state index contributed by atoms with van der Waals surface area (Å²) < 4.78 is 5.45. The predicted octanol–water partition coefficient (Wildman–Crippen LogP) is 1.39. The molecule has 0 aromatic heterocycles. The molecular weight excluding hydrogens is 244 g/mol. The molecule has 0 aliphatic heterocycles. The van der Waals surface area contributed by atoms with Crippen molar-refractivity contribution in [2.45, 2.75) is 6.92 Å². The summed E-state index contributed by atoms with van der Waals surface area (Å²) in [5, 5.41) is 1.99. The number of nitrogens with one attached hydrogen (secondary N) is 2. The van der Waals surface area contributed by atoms with Crippen molar-refractivity contribution in [3.63, 3.8) is 0 Å². The Morgan fingerprint density at radius 1 is 1.05 bits per heavy atom. The summed E-state index contributed by atoms with van der Waals surface area (Å²) in [7, 11) is 0. The van der Waals surface area contributed by atoms with Crippen LogP contribution in [-0.2, 0) is 9.59 Å². The SMILES string of the molecule is CC(=O)NNC(=O)COc1cccc2ccccc12. The third-order valence-corrected chi connectivity index (χ3v) is 2.49. The summed E-state index contributed by atoms with van der Waals surface area (Å²) in [6.07, 6.45) is 0. The van der Waals surface area contributed by atoms with E-state index in [1.54, 1.807) is 6.07 Å². The van der Waals surface area contributed by atoms with Crippen molar-refractivity contribution < 1.29 is 14.3 Å². The molecule has 0 aliphatic rings. The summed E-state index contributed by atoms with van der Waals surface area (Å²) >= 11 is 0. The smallest absolute Gasteiger partial charge is 0.276 e. The number of rotatable bonds is 3. The summed E-state index contributed by atoms with van der Waals surface area (Å²) in [6, 6.07) is 13.4. The Hall–Kier alpha value is -2.56. The second kappa shape index (κ2) is 5.86. The van der Waals surface area contributed by atoms with Gasteiger partial charge in [0.05, 0.1) is 0 Å². The van der Waals surface area contributed by atoms with Crippen molar-refractivity contribution in [1.29, 1.82) is 0 Å². The van der Waals surface area contributed by atoms with Crippen molar-refractivity contribution in [3.8, 4) is 5.75 Å². The number of amides is 2. The third kappa shape index (κ3) is 3.45. The minimum atomic E-state index is -0.414. The van der Waals surface area contributed by atoms with E-state index < -0.39 is 5.91 Å². The molecule has 0 aliphatic carbocycles. The first-order chi connectivity index (χ1) is 9.16. The molecule has 2 aromatic rings. The minimum absolute atomic E-state index is 0.158. The maximum absolute atomic E-state index is 11.4. The van der Waals surface area contributed by atoms with Gasteiger partial charge < -0.3 is 4.74 Å². The summed E-state index contributed by atoms with van der Waals surface area (Å²) in [5.41, 5.74) is 4.44. The molecule has 98 valence electrons. The summed E-state index contributed by atoms with van der Waals surface area (Å²) in [6.45, 7) is 1.15. The van der Waals surface area contributed by atoms with Gasteiger partial charge in [0.25, 0.3) is 5.91 Å². The molecule has 19 heavy (non-hydrogen) atoms. The molecule has 2 aromatic carbocycles. The molecule has 2 N–H and O–H groups in total. The van der Waals surface area contributed by atoms with E-state index >= 15 is 0 Å². The first-order valence-electron chi connectivity index (χ1n) is 5.83. The molecule has 0 saturated heterocycles. The van der Waals surface area contributed by atoms with Gasteiger partial charge in [-0.25, -0.2) is 0 Å². The summed E-state index contributed by atoms with van der Waals surface area (Å²) in [4.78, 5) is 22.0. The highest BCUT2D eigenvalue weighted by Gasteiger charge is 2.05. The lowest BCUT2D eigenvalue weighted by molar-refractivity contribution is -0.129. The Kier molecular flexibility index (Phi) is 3.97. The second-order valence-corrected chi connectivity index (χ2v) is 4.00. The highest BCUT2D eigenvalue weighted by atomic mass is 16.5. The molecule has 2 rings (SSSR count). The van der Waals surface area contributed by atoms with Crippen molar-refractivity contribution in [2.75, 3.05) is 6.61 Å². The standard InChI is InChI=1S/C14H14N2O3/c1-10(17)15-16-14(18)9-19-13-8-4-6-11-5-2-3-7-12(11)13/h2-8H,9H2,1H3,(H,15,17)(H,16,18). The highest BCUT2D eigenvalue weighted by Crippen LogP contribution is 2.24. The van der Waals surface area contributed by atoms with Gasteiger partial charge in [0.15, 0.2) is 6.61 Å². The molecule has 0 heterocycles. The zero-order valence-corrected chi connectivity index (χ0v) is 10.5. The Morgan fingerprint density at radius 2 is 1.79 bits per heavy atom. The van der Waals surface area contributed by atoms with Gasteiger partial charge in [0.1, 0.15) is 5.75 Å². The fourth-order valence-corrected chi connectivity index (χ4v) is 1.66. The quantitative estimate of drug-likeness (QED) is 0.817. The molecule has 0 spiro atoms. The number of hydrogen-bond acceptors (Lipinski definition) is 3. The number of fused-ring (bicyclic) bond motifs is 1. The molecule has 2 amide bonds. The first-order valence-corrected chi connectivity index (χ1v) is 5.83. The average molecular weight is 258 g/mol. The van der Waals surface area contributed by atoms with Crippen molar-refractivity contribution in [1.82, 2.24) is 10.9 Å². The van der Waals surface area contributed by atoms with Crippen LogP contribution in [0.3, 0.4) is 0 Å². The zero-order chi connectivity index (χ0) is 13.7. The average Bonchev–Trinajstić information content (AvgIpc) is 2.42. The van der Waals surface area contributed by atoms with E-state index in [9.17, 15) is 9.59 Å². The lowest BCUT2D eigenvalue weighted by atomic mass is 10.1. The first kappa shape index (κ1) is 12.9. The molecule has 5 nitrogen and oxygen atoms in total. The van der Waals surface area contributed by atoms with Crippen LogP contribution in [0.5, 0.6) is 5.75 Å². The van der Waals surface area contributed by atoms with Crippen LogP contribution in [0.2, 0.25) is 0 Å². The maximum Gasteiger partial charge on any atom is 0.276 e. The van der Waals surface area contributed by atoms with Crippen molar-refractivity contribution >= 4 is 22.6 Å². The van der Waals surface area contributed by atoms with E-state index in [2.05, 4.69) is 10.9 Å². The van der Waals surface area contributed by atoms with Crippen LogP contribution >= 0.6 is 0 Å². The van der Waals surface area contributed by atoms with Crippen molar-refractivity contribution in [2.24, 2.45) is 0 Å². The predicted molar refractivity (Wildman–Crippen MR) is 71.4 cm³/mol. The summed E-state index contributed by atoms with van der Waals surface area (Å²) in [5.74, 6) is -0.113. The molecule has 0 saturated carbocycles. The van der Waals surface area contributed by atoms with Gasteiger partial charge in [-0.05, 0) is 11.5 Å². The maximum atomic E-state index is 11.4. The fourth-order valence-electron chi connectivity index (χ4n) is 1.66. The fraction of sp³-hybridized carbons (Fsp3) is 0.143. The van der Waals surface area contributed by atoms with Gasteiger partial charge >= 0.3 is 0 Å². The lowest BCUT2D eigenvalue weighted by Gasteiger charge is -2.09.